The largest absolute Gasteiger partial charge is 0.490 e. The minimum atomic E-state index is -0.177. The number of carbonyl (C=O) groups is 1. The zero-order valence-electron chi connectivity index (χ0n) is 10.9. The molecule has 0 fully saturated rings. The third-order valence-electron chi connectivity index (χ3n) is 2.21. The van der Waals surface area contributed by atoms with Crippen molar-refractivity contribution >= 4 is 17.5 Å². The lowest BCUT2D eigenvalue weighted by Gasteiger charge is -2.14. The Morgan fingerprint density at radius 3 is 2.72 bits per heavy atom. The summed E-state index contributed by atoms with van der Waals surface area (Å²) in [6.07, 6.45) is 0.00929. The van der Waals surface area contributed by atoms with E-state index in [1.54, 1.807) is 18.2 Å². The number of benzene rings is 1. The van der Waals surface area contributed by atoms with Gasteiger partial charge in [-0.3, -0.25) is 4.79 Å². The Balaban J connectivity index is 2.83. The van der Waals surface area contributed by atoms with Gasteiger partial charge in [-0.1, -0.05) is 11.6 Å². The lowest BCUT2D eigenvalue weighted by Crippen LogP contribution is -2.30. The van der Waals surface area contributed by atoms with Crippen LogP contribution in [-0.4, -0.2) is 32.1 Å². The predicted octanol–water partition coefficient (Wildman–Crippen LogP) is 2.08. The standard InChI is InChI=1S/C13H19ClN2O2/c1-9(2)18-12-5-4-10(14)8-11(12)13(17)16-7-6-15-3/h4-5,8-9,15H,6-7H2,1-3H3,(H,16,17). The van der Waals surface area contributed by atoms with Crippen molar-refractivity contribution in [3.8, 4) is 5.75 Å². The van der Waals surface area contributed by atoms with Gasteiger partial charge in [0.05, 0.1) is 11.7 Å². The molecule has 0 radical (unpaired) electrons. The fourth-order valence-electron chi connectivity index (χ4n) is 1.43. The second-order valence-electron chi connectivity index (χ2n) is 4.17. The Morgan fingerprint density at radius 2 is 2.11 bits per heavy atom. The van der Waals surface area contributed by atoms with Crippen molar-refractivity contribution in [1.82, 2.24) is 10.6 Å². The highest BCUT2D eigenvalue weighted by atomic mass is 35.5. The van der Waals surface area contributed by atoms with Gasteiger partial charge in [0.25, 0.3) is 5.91 Å². The Hall–Kier alpha value is -1.26. The third-order valence-corrected chi connectivity index (χ3v) is 2.44. The lowest BCUT2D eigenvalue weighted by molar-refractivity contribution is 0.0948. The number of hydrogen-bond acceptors (Lipinski definition) is 3. The van der Waals surface area contributed by atoms with Crippen LogP contribution in [0.3, 0.4) is 0 Å². The smallest absolute Gasteiger partial charge is 0.255 e. The maximum absolute atomic E-state index is 12.0. The molecular formula is C13H19ClN2O2. The first-order valence-corrected chi connectivity index (χ1v) is 6.31. The van der Waals surface area contributed by atoms with Gasteiger partial charge in [0.1, 0.15) is 5.75 Å². The summed E-state index contributed by atoms with van der Waals surface area (Å²) >= 11 is 5.91. The summed E-state index contributed by atoms with van der Waals surface area (Å²) in [5.74, 6) is 0.375. The normalized spacial score (nSPS) is 10.5. The number of ether oxygens (including phenoxy) is 1. The lowest BCUT2D eigenvalue weighted by atomic mass is 10.2. The van der Waals surface area contributed by atoms with Crippen molar-refractivity contribution in [3.63, 3.8) is 0 Å². The van der Waals surface area contributed by atoms with E-state index in [-0.39, 0.29) is 12.0 Å². The van der Waals surface area contributed by atoms with Gasteiger partial charge in [-0.25, -0.2) is 0 Å². The topological polar surface area (TPSA) is 50.4 Å². The molecule has 0 saturated heterocycles. The molecule has 0 aliphatic rings. The molecule has 0 bridgehead atoms. The van der Waals surface area contributed by atoms with Crippen molar-refractivity contribution in [2.45, 2.75) is 20.0 Å². The molecule has 0 aliphatic heterocycles. The molecule has 0 unspecified atom stereocenters. The van der Waals surface area contributed by atoms with E-state index >= 15 is 0 Å². The maximum Gasteiger partial charge on any atom is 0.255 e. The molecule has 1 rings (SSSR count). The molecule has 4 nitrogen and oxygen atoms in total. The van der Waals surface area contributed by atoms with Crippen LogP contribution in [0.15, 0.2) is 18.2 Å². The third kappa shape index (κ3) is 4.55. The van der Waals surface area contributed by atoms with Gasteiger partial charge in [-0.2, -0.15) is 0 Å². The zero-order valence-corrected chi connectivity index (χ0v) is 11.7. The van der Waals surface area contributed by atoms with Gasteiger partial charge in [-0.05, 0) is 39.1 Å². The van der Waals surface area contributed by atoms with E-state index in [0.717, 1.165) is 0 Å². The van der Waals surface area contributed by atoms with Crippen molar-refractivity contribution in [2.24, 2.45) is 0 Å². The number of likely N-dealkylation sites (N-methyl/N-ethyl adjacent to an activating group) is 1. The van der Waals surface area contributed by atoms with Gasteiger partial charge in [0.15, 0.2) is 0 Å². The van der Waals surface area contributed by atoms with E-state index in [9.17, 15) is 4.79 Å². The van der Waals surface area contributed by atoms with Crippen LogP contribution in [0.25, 0.3) is 0 Å². The van der Waals surface area contributed by atoms with Crippen LogP contribution in [0, 0.1) is 0 Å². The van der Waals surface area contributed by atoms with Crippen LogP contribution in [0.5, 0.6) is 5.75 Å². The Labute approximate surface area is 113 Å². The molecule has 0 aromatic heterocycles. The average Bonchev–Trinajstić information content (AvgIpc) is 2.31. The fraction of sp³-hybridized carbons (Fsp3) is 0.462. The van der Waals surface area contributed by atoms with E-state index < -0.39 is 0 Å². The molecular weight excluding hydrogens is 252 g/mol. The van der Waals surface area contributed by atoms with Gasteiger partial charge in [0.2, 0.25) is 0 Å². The van der Waals surface area contributed by atoms with Gasteiger partial charge < -0.3 is 15.4 Å². The van der Waals surface area contributed by atoms with E-state index in [1.165, 1.54) is 0 Å². The highest BCUT2D eigenvalue weighted by Gasteiger charge is 2.13. The number of rotatable bonds is 6. The molecule has 1 aromatic rings. The molecule has 2 N–H and O–H groups in total. The first kappa shape index (κ1) is 14.8. The van der Waals surface area contributed by atoms with Crippen LogP contribution in [0.4, 0.5) is 0 Å². The summed E-state index contributed by atoms with van der Waals surface area (Å²) in [5, 5.41) is 6.28. The van der Waals surface area contributed by atoms with E-state index in [1.807, 2.05) is 20.9 Å². The Bertz CT molecular complexity index is 408. The first-order valence-electron chi connectivity index (χ1n) is 5.93. The highest BCUT2D eigenvalue weighted by molar-refractivity contribution is 6.31. The predicted molar refractivity (Wildman–Crippen MR) is 73.5 cm³/mol. The number of carbonyl (C=O) groups excluding carboxylic acids is 1. The molecule has 0 spiro atoms. The molecule has 100 valence electrons. The first-order chi connectivity index (χ1) is 8.54. The van der Waals surface area contributed by atoms with Crippen LogP contribution in [0.2, 0.25) is 5.02 Å². The molecule has 0 atom stereocenters. The monoisotopic (exact) mass is 270 g/mol. The van der Waals surface area contributed by atoms with Gasteiger partial charge >= 0.3 is 0 Å². The average molecular weight is 271 g/mol. The Kier molecular flexibility index (Phi) is 5.95. The molecule has 1 amide bonds. The molecule has 0 heterocycles. The van der Waals surface area contributed by atoms with Gasteiger partial charge in [0, 0.05) is 18.1 Å². The quantitative estimate of drug-likeness (QED) is 0.778. The summed E-state index contributed by atoms with van der Waals surface area (Å²) in [7, 11) is 1.83. The van der Waals surface area contributed by atoms with Crippen LogP contribution in [-0.2, 0) is 0 Å². The second kappa shape index (κ2) is 7.24. The van der Waals surface area contributed by atoms with Crippen LogP contribution < -0.4 is 15.4 Å². The zero-order chi connectivity index (χ0) is 13.5. The van der Waals surface area contributed by atoms with Gasteiger partial charge in [-0.15, -0.1) is 0 Å². The van der Waals surface area contributed by atoms with Crippen molar-refractivity contribution in [1.29, 1.82) is 0 Å². The minimum Gasteiger partial charge on any atom is -0.490 e. The summed E-state index contributed by atoms with van der Waals surface area (Å²) in [4.78, 5) is 12.0. The molecule has 5 heteroatoms. The van der Waals surface area contributed by atoms with E-state index in [4.69, 9.17) is 16.3 Å². The number of halogens is 1. The summed E-state index contributed by atoms with van der Waals surface area (Å²) in [6.45, 7) is 5.10. The number of amides is 1. The Morgan fingerprint density at radius 1 is 1.39 bits per heavy atom. The summed E-state index contributed by atoms with van der Waals surface area (Å²) in [5.41, 5.74) is 0.465. The number of hydrogen-bond donors (Lipinski definition) is 2. The van der Waals surface area contributed by atoms with Crippen molar-refractivity contribution < 1.29 is 9.53 Å². The fourth-order valence-corrected chi connectivity index (χ4v) is 1.60. The summed E-state index contributed by atoms with van der Waals surface area (Å²) in [6, 6.07) is 5.05. The summed E-state index contributed by atoms with van der Waals surface area (Å²) < 4.78 is 5.59. The van der Waals surface area contributed by atoms with Crippen LogP contribution >= 0.6 is 11.6 Å². The SMILES string of the molecule is CNCCNC(=O)c1cc(Cl)ccc1OC(C)C. The molecule has 0 aliphatic carbocycles. The van der Waals surface area contributed by atoms with E-state index in [0.29, 0.717) is 29.4 Å². The highest BCUT2D eigenvalue weighted by Crippen LogP contribution is 2.23. The second-order valence-corrected chi connectivity index (χ2v) is 4.60. The number of nitrogens with one attached hydrogen (secondary N) is 2. The molecule has 1 aromatic carbocycles. The molecule has 18 heavy (non-hydrogen) atoms. The van der Waals surface area contributed by atoms with Crippen molar-refractivity contribution in [2.75, 3.05) is 20.1 Å². The van der Waals surface area contributed by atoms with Crippen molar-refractivity contribution in [3.05, 3.63) is 28.8 Å². The maximum atomic E-state index is 12.0. The van der Waals surface area contributed by atoms with Crippen LogP contribution in [0.1, 0.15) is 24.2 Å². The van der Waals surface area contributed by atoms with E-state index in [2.05, 4.69) is 10.6 Å². The molecule has 0 saturated carbocycles. The minimum absolute atomic E-state index is 0.00929.